The Hall–Kier alpha value is -1.43. The van der Waals surface area contributed by atoms with E-state index < -0.39 is 0 Å². The van der Waals surface area contributed by atoms with E-state index in [0.29, 0.717) is 6.04 Å². The van der Waals surface area contributed by atoms with Gasteiger partial charge in [0.25, 0.3) is 0 Å². The molecule has 3 rings (SSSR count). The molecule has 0 bridgehead atoms. The Labute approximate surface area is 150 Å². The second-order valence-corrected chi connectivity index (χ2v) is 6.47. The lowest BCUT2D eigenvalue weighted by molar-refractivity contribution is 0.135. The van der Waals surface area contributed by atoms with E-state index in [2.05, 4.69) is 45.8 Å². The van der Waals surface area contributed by atoms with Gasteiger partial charge in [-0.25, -0.2) is 4.68 Å². The lowest BCUT2D eigenvalue weighted by atomic mass is 9.92. The Kier molecular flexibility index (Phi) is 7.21. The van der Waals surface area contributed by atoms with E-state index in [1.54, 1.807) is 0 Å². The first kappa shape index (κ1) is 18.9. The van der Waals surface area contributed by atoms with Gasteiger partial charge in [0.1, 0.15) is 0 Å². The van der Waals surface area contributed by atoms with Crippen molar-refractivity contribution in [3.8, 4) is 5.69 Å². The highest BCUT2D eigenvalue weighted by atomic mass is 35.5. The molecule has 0 radical (unpaired) electrons. The predicted molar refractivity (Wildman–Crippen MR) is 99.9 cm³/mol. The summed E-state index contributed by atoms with van der Waals surface area (Å²) in [6, 6.07) is 10.5. The fraction of sp³-hybridized carbons (Fsp3) is 0.556. The van der Waals surface area contributed by atoms with E-state index in [1.807, 2.05) is 29.9 Å². The highest BCUT2D eigenvalue weighted by molar-refractivity contribution is 5.85. The summed E-state index contributed by atoms with van der Waals surface area (Å²) >= 11 is 0. The second-order valence-electron chi connectivity index (χ2n) is 6.47. The van der Waals surface area contributed by atoms with Gasteiger partial charge in [0.15, 0.2) is 0 Å². The van der Waals surface area contributed by atoms with Crippen LogP contribution in [0.5, 0.6) is 0 Å². The number of rotatable bonds is 6. The minimum absolute atomic E-state index is 0. The topological polar surface area (TPSA) is 46.0 Å². The molecule has 1 aromatic heterocycles. The quantitative estimate of drug-likeness (QED) is 0.870. The van der Waals surface area contributed by atoms with E-state index >= 15 is 0 Å². The Morgan fingerprint density at radius 3 is 2.58 bits per heavy atom. The molecule has 6 heteroatoms. The smallest absolute Gasteiger partial charge is 0.1000 e. The summed E-state index contributed by atoms with van der Waals surface area (Å²) in [5.74, 6) is 0.867. The molecule has 0 spiro atoms. The van der Waals surface area contributed by atoms with Crippen LogP contribution in [-0.4, -0.2) is 46.6 Å². The molecule has 1 saturated heterocycles. The average molecular weight is 350 g/mol. The number of hydrogen-bond donors (Lipinski definition) is 1. The van der Waals surface area contributed by atoms with Gasteiger partial charge in [-0.3, -0.25) is 4.90 Å². The van der Waals surface area contributed by atoms with Crippen molar-refractivity contribution < 1.29 is 0 Å². The zero-order chi connectivity index (χ0) is 16.1. The Morgan fingerprint density at radius 2 is 1.92 bits per heavy atom. The van der Waals surface area contributed by atoms with Gasteiger partial charge in [0.05, 0.1) is 23.6 Å². The molecular formula is C18H28ClN5. The Balaban J connectivity index is 0.00000208. The van der Waals surface area contributed by atoms with Crippen LogP contribution in [-0.2, 0) is 0 Å². The number of hydrogen-bond acceptors (Lipinski definition) is 4. The molecule has 2 aromatic rings. The Bertz CT molecular complexity index is 592. The summed E-state index contributed by atoms with van der Waals surface area (Å²) in [6.45, 7) is 5.69. The van der Waals surface area contributed by atoms with Crippen LogP contribution in [0, 0.1) is 5.92 Å². The minimum Gasteiger partial charge on any atom is -0.320 e. The van der Waals surface area contributed by atoms with Crippen molar-refractivity contribution in [2.24, 2.45) is 5.92 Å². The third-order valence-electron chi connectivity index (χ3n) is 4.96. The first-order valence-corrected chi connectivity index (χ1v) is 8.64. The zero-order valence-electron chi connectivity index (χ0n) is 14.6. The lowest BCUT2D eigenvalue weighted by Gasteiger charge is -2.35. The maximum absolute atomic E-state index is 4.40. The molecule has 132 valence electrons. The van der Waals surface area contributed by atoms with Crippen LogP contribution in [0.1, 0.15) is 37.9 Å². The van der Waals surface area contributed by atoms with Gasteiger partial charge in [-0.15, -0.1) is 17.5 Å². The molecule has 1 N–H and O–H groups in total. The molecule has 5 nitrogen and oxygen atoms in total. The van der Waals surface area contributed by atoms with Gasteiger partial charge in [-0.05, 0) is 70.9 Å². The molecule has 2 heterocycles. The van der Waals surface area contributed by atoms with Crippen molar-refractivity contribution >= 4 is 12.4 Å². The number of aromatic nitrogens is 3. The van der Waals surface area contributed by atoms with Gasteiger partial charge < -0.3 is 5.32 Å². The number of piperidine rings is 1. The minimum atomic E-state index is 0. The van der Waals surface area contributed by atoms with Crippen molar-refractivity contribution in [2.45, 2.75) is 32.2 Å². The first-order valence-electron chi connectivity index (χ1n) is 8.64. The fourth-order valence-electron chi connectivity index (χ4n) is 3.34. The molecule has 1 atom stereocenters. The van der Waals surface area contributed by atoms with Crippen molar-refractivity contribution in [2.75, 3.05) is 26.7 Å². The van der Waals surface area contributed by atoms with Crippen LogP contribution in [0.2, 0.25) is 0 Å². The van der Waals surface area contributed by atoms with Crippen LogP contribution in [0.4, 0.5) is 0 Å². The number of para-hydroxylation sites is 1. The lowest BCUT2D eigenvalue weighted by Crippen LogP contribution is -2.36. The number of nitrogens with one attached hydrogen (secondary N) is 1. The van der Waals surface area contributed by atoms with Crippen molar-refractivity contribution in [3.63, 3.8) is 0 Å². The molecule has 1 aromatic carbocycles. The number of halogens is 1. The number of benzene rings is 1. The molecule has 1 fully saturated rings. The maximum atomic E-state index is 4.40. The van der Waals surface area contributed by atoms with Gasteiger partial charge in [0, 0.05) is 0 Å². The van der Waals surface area contributed by atoms with Gasteiger partial charge >= 0.3 is 0 Å². The van der Waals surface area contributed by atoms with Gasteiger partial charge in [-0.1, -0.05) is 23.4 Å². The molecule has 1 aliphatic rings. The van der Waals surface area contributed by atoms with E-state index in [-0.39, 0.29) is 12.4 Å². The third-order valence-corrected chi connectivity index (χ3v) is 4.96. The summed E-state index contributed by atoms with van der Waals surface area (Å²) < 4.78 is 1.87. The normalized spacial score (nSPS) is 17.4. The summed E-state index contributed by atoms with van der Waals surface area (Å²) in [5, 5.41) is 11.9. The van der Waals surface area contributed by atoms with Gasteiger partial charge in [-0.2, -0.15) is 0 Å². The molecule has 1 aliphatic heterocycles. The van der Waals surface area contributed by atoms with Crippen LogP contribution in [0.15, 0.2) is 36.5 Å². The van der Waals surface area contributed by atoms with Crippen molar-refractivity contribution in [3.05, 3.63) is 42.2 Å². The maximum Gasteiger partial charge on any atom is 0.1000 e. The molecule has 0 aliphatic carbocycles. The second kappa shape index (κ2) is 9.16. The summed E-state index contributed by atoms with van der Waals surface area (Å²) in [5.41, 5.74) is 2.12. The largest absolute Gasteiger partial charge is 0.320 e. The van der Waals surface area contributed by atoms with Crippen LogP contribution in [0.25, 0.3) is 5.69 Å². The van der Waals surface area contributed by atoms with E-state index in [1.165, 1.54) is 19.3 Å². The van der Waals surface area contributed by atoms with E-state index in [9.17, 15) is 0 Å². The first-order chi connectivity index (χ1) is 11.3. The predicted octanol–water partition coefficient (Wildman–Crippen LogP) is 3.07. The zero-order valence-corrected chi connectivity index (χ0v) is 15.4. The SMILES string of the molecule is CNCCC1CCN(C(C)c2cn(-c3ccccc3)nn2)CC1.Cl. The molecular weight excluding hydrogens is 322 g/mol. The average Bonchev–Trinajstić information content (AvgIpc) is 3.11. The van der Waals surface area contributed by atoms with E-state index in [4.69, 9.17) is 0 Å². The van der Waals surface area contributed by atoms with Crippen LogP contribution >= 0.6 is 12.4 Å². The van der Waals surface area contributed by atoms with Crippen molar-refractivity contribution in [1.82, 2.24) is 25.2 Å². The van der Waals surface area contributed by atoms with Gasteiger partial charge in [0.2, 0.25) is 0 Å². The fourth-order valence-corrected chi connectivity index (χ4v) is 3.34. The highest BCUT2D eigenvalue weighted by Crippen LogP contribution is 2.27. The molecule has 24 heavy (non-hydrogen) atoms. The third kappa shape index (κ3) is 4.56. The Morgan fingerprint density at radius 1 is 1.21 bits per heavy atom. The van der Waals surface area contributed by atoms with Crippen molar-refractivity contribution in [1.29, 1.82) is 0 Å². The summed E-state index contributed by atoms with van der Waals surface area (Å²) in [6.07, 6.45) is 5.94. The monoisotopic (exact) mass is 349 g/mol. The number of likely N-dealkylation sites (tertiary alicyclic amines) is 1. The molecule has 0 saturated carbocycles. The number of nitrogens with zero attached hydrogens (tertiary/aromatic N) is 4. The molecule has 0 amide bonds. The van der Waals surface area contributed by atoms with E-state index in [0.717, 1.165) is 36.9 Å². The highest BCUT2D eigenvalue weighted by Gasteiger charge is 2.24. The standard InChI is InChI=1S/C18H27N5.ClH/c1-15(22-12-9-16(10-13-22)8-11-19-2)18-14-23(21-20-18)17-6-4-3-5-7-17;/h3-7,14-16,19H,8-13H2,1-2H3;1H. The molecule has 1 unspecified atom stereocenters. The van der Waals surface area contributed by atoms with Crippen LogP contribution in [0.3, 0.4) is 0 Å². The summed E-state index contributed by atoms with van der Waals surface area (Å²) in [4.78, 5) is 2.54. The van der Waals surface area contributed by atoms with Crippen LogP contribution < -0.4 is 5.32 Å². The summed E-state index contributed by atoms with van der Waals surface area (Å²) in [7, 11) is 2.03.